The van der Waals surface area contributed by atoms with Crippen molar-refractivity contribution in [2.75, 3.05) is 0 Å². The van der Waals surface area contributed by atoms with Gasteiger partial charge in [0.15, 0.2) is 0 Å². The fourth-order valence-corrected chi connectivity index (χ4v) is 5.07. The molecule has 116 valence electrons. The minimum atomic E-state index is -1.21. The molecule has 1 heterocycles. The maximum atomic E-state index is 13.7. The molecule has 0 saturated heterocycles. The lowest BCUT2D eigenvalue weighted by molar-refractivity contribution is 0.448. The van der Waals surface area contributed by atoms with Crippen molar-refractivity contribution in [1.82, 2.24) is 0 Å². The molecule has 1 aliphatic heterocycles. The topological polar surface area (TPSA) is 9.23 Å². The van der Waals surface area contributed by atoms with Crippen molar-refractivity contribution < 1.29 is 17.9 Å². The highest BCUT2D eigenvalue weighted by atomic mass is 32.2. The first-order chi connectivity index (χ1) is 11.1. The number of hydrogen-bond acceptors (Lipinski definition) is 1. The summed E-state index contributed by atoms with van der Waals surface area (Å²) < 4.78 is 46.5. The molecule has 0 unspecified atom stereocenters. The van der Waals surface area contributed by atoms with Gasteiger partial charge in [0, 0.05) is 9.79 Å². The van der Waals surface area contributed by atoms with E-state index in [4.69, 9.17) is 4.74 Å². The fourth-order valence-electron chi connectivity index (χ4n) is 2.62. The third-order valence-corrected chi connectivity index (χ3v) is 6.11. The molecular weight excluding hydrogens is 321 g/mol. The summed E-state index contributed by atoms with van der Waals surface area (Å²) >= 11 is 0. The van der Waals surface area contributed by atoms with Crippen LogP contribution in [0.2, 0.25) is 0 Å². The van der Waals surface area contributed by atoms with Crippen LogP contribution in [0.15, 0.2) is 75.4 Å². The van der Waals surface area contributed by atoms with Gasteiger partial charge in [0.05, 0.1) is 0 Å². The van der Waals surface area contributed by atoms with Crippen molar-refractivity contribution in [2.24, 2.45) is 0 Å². The van der Waals surface area contributed by atoms with Gasteiger partial charge in [0.2, 0.25) is 0 Å². The molecule has 0 N–H and O–H groups in total. The molecule has 0 aromatic heterocycles. The number of ether oxygens (including phenoxy) is 1. The Labute approximate surface area is 133 Å². The molecular formula is C18H11F3OS. The summed E-state index contributed by atoms with van der Waals surface area (Å²) in [5, 5.41) is 0. The maximum Gasteiger partial charge on any atom is 0.140 e. The molecule has 23 heavy (non-hydrogen) atoms. The molecule has 3 aromatic rings. The predicted molar refractivity (Wildman–Crippen MR) is 83.1 cm³/mol. The van der Waals surface area contributed by atoms with Crippen LogP contribution in [-0.4, -0.2) is 0 Å². The number of hydrogen-bond donors (Lipinski definition) is 1. The summed E-state index contributed by atoms with van der Waals surface area (Å²) in [6, 6.07) is 14.6. The highest BCUT2D eigenvalue weighted by Crippen LogP contribution is 2.61. The van der Waals surface area contributed by atoms with Gasteiger partial charge >= 0.3 is 0 Å². The van der Waals surface area contributed by atoms with E-state index in [0.29, 0.717) is 21.3 Å². The van der Waals surface area contributed by atoms with E-state index in [1.165, 1.54) is 36.4 Å². The summed E-state index contributed by atoms with van der Waals surface area (Å²) in [6.45, 7) is 0. The van der Waals surface area contributed by atoms with E-state index in [1.807, 2.05) is 0 Å². The lowest BCUT2D eigenvalue weighted by Gasteiger charge is -2.31. The van der Waals surface area contributed by atoms with Crippen LogP contribution in [-0.2, 0) is 0 Å². The highest BCUT2D eigenvalue weighted by Gasteiger charge is 2.27. The third kappa shape index (κ3) is 2.47. The van der Waals surface area contributed by atoms with Crippen LogP contribution in [0.5, 0.6) is 11.5 Å². The van der Waals surface area contributed by atoms with Gasteiger partial charge in [0.1, 0.15) is 29.0 Å². The van der Waals surface area contributed by atoms with Crippen LogP contribution in [0.4, 0.5) is 13.2 Å². The third-order valence-electron chi connectivity index (χ3n) is 3.63. The summed E-state index contributed by atoms with van der Waals surface area (Å²) in [6.07, 6.45) is 0. The molecule has 0 aliphatic carbocycles. The van der Waals surface area contributed by atoms with Crippen LogP contribution >= 0.6 is 10.9 Å². The van der Waals surface area contributed by atoms with Crippen molar-refractivity contribution in [3.8, 4) is 11.5 Å². The van der Waals surface area contributed by atoms with Gasteiger partial charge in [-0.3, -0.25) is 0 Å². The Kier molecular flexibility index (Phi) is 3.31. The zero-order chi connectivity index (χ0) is 16.0. The number of benzene rings is 3. The summed E-state index contributed by atoms with van der Waals surface area (Å²) in [4.78, 5) is 2.12. The molecule has 0 saturated carbocycles. The summed E-state index contributed by atoms with van der Waals surface area (Å²) in [7, 11) is -1.21. The van der Waals surface area contributed by atoms with E-state index in [0.717, 1.165) is 4.90 Å². The molecule has 0 spiro atoms. The molecule has 1 aliphatic rings. The molecule has 0 bridgehead atoms. The van der Waals surface area contributed by atoms with Gasteiger partial charge in [-0.05, 0) is 65.6 Å². The first-order valence-corrected chi connectivity index (χ1v) is 8.29. The van der Waals surface area contributed by atoms with Crippen molar-refractivity contribution in [3.05, 3.63) is 78.1 Å². The van der Waals surface area contributed by atoms with E-state index in [-0.39, 0.29) is 17.5 Å². The summed E-state index contributed by atoms with van der Waals surface area (Å²) in [5.41, 5.74) is 0. The van der Waals surface area contributed by atoms with Crippen molar-refractivity contribution in [2.45, 2.75) is 14.7 Å². The second-order valence-corrected chi connectivity index (χ2v) is 7.29. The lowest BCUT2D eigenvalue weighted by Crippen LogP contribution is -2.02. The van der Waals surface area contributed by atoms with Crippen LogP contribution < -0.4 is 4.74 Å². The fraction of sp³-hybridized carbons (Fsp3) is 0. The molecule has 5 heteroatoms. The number of fused-ring (bicyclic) bond motifs is 2. The number of halogens is 3. The Balaban J connectivity index is 1.97. The molecule has 0 atom stereocenters. The van der Waals surface area contributed by atoms with E-state index in [2.05, 4.69) is 0 Å². The van der Waals surface area contributed by atoms with Gasteiger partial charge in [-0.15, -0.1) is 0 Å². The van der Waals surface area contributed by atoms with Crippen LogP contribution in [0, 0.1) is 17.5 Å². The van der Waals surface area contributed by atoms with Crippen LogP contribution in [0.25, 0.3) is 0 Å². The van der Waals surface area contributed by atoms with E-state index in [1.54, 1.807) is 24.3 Å². The first-order valence-electron chi connectivity index (χ1n) is 6.94. The number of thiol groups is 1. The Morgan fingerprint density at radius 3 is 1.61 bits per heavy atom. The van der Waals surface area contributed by atoms with E-state index < -0.39 is 10.9 Å². The second-order valence-electron chi connectivity index (χ2n) is 5.14. The predicted octanol–water partition coefficient (Wildman–Crippen LogP) is 5.69. The second kappa shape index (κ2) is 5.35. The largest absolute Gasteiger partial charge is 0.455 e. The van der Waals surface area contributed by atoms with E-state index in [9.17, 15) is 13.2 Å². The zero-order valence-corrected chi connectivity index (χ0v) is 12.7. The first kappa shape index (κ1) is 14.2. The average molecular weight is 332 g/mol. The lowest BCUT2D eigenvalue weighted by atomic mass is 10.3. The molecule has 0 fully saturated rings. The van der Waals surface area contributed by atoms with Gasteiger partial charge in [0.25, 0.3) is 0 Å². The zero-order valence-electron chi connectivity index (χ0n) is 11.8. The van der Waals surface area contributed by atoms with Crippen LogP contribution in [0.1, 0.15) is 0 Å². The normalized spacial score (nSPS) is 14.0. The monoisotopic (exact) mass is 332 g/mol. The van der Waals surface area contributed by atoms with Crippen molar-refractivity contribution in [3.63, 3.8) is 0 Å². The highest BCUT2D eigenvalue weighted by molar-refractivity contribution is 8.17. The van der Waals surface area contributed by atoms with Crippen molar-refractivity contribution in [1.29, 1.82) is 0 Å². The minimum absolute atomic E-state index is 0.351. The molecule has 1 nitrogen and oxygen atoms in total. The molecule has 0 radical (unpaired) electrons. The molecule has 3 aromatic carbocycles. The van der Waals surface area contributed by atoms with Gasteiger partial charge < -0.3 is 4.74 Å². The van der Waals surface area contributed by atoms with Gasteiger partial charge in [-0.25, -0.2) is 13.2 Å². The summed E-state index contributed by atoms with van der Waals surface area (Å²) in [5.74, 6) is -0.0403. The standard InChI is InChI=1S/C18H11F3OS/c19-11-1-5-14(6-2-11)23-17-9-12(20)3-7-15(17)22-16-8-4-13(21)10-18(16)23/h1-10,23H. The van der Waals surface area contributed by atoms with E-state index >= 15 is 0 Å². The Morgan fingerprint density at radius 1 is 0.609 bits per heavy atom. The van der Waals surface area contributed by atoms with Crippen molar-refractivity contribution >= 4 is 10.9 Å². The van der Waals surface area contributed by atoms with Gasteiger partial charge in [-0.1, -0.05) is 0 Å². The number of rotatable bonds is 1. The Hall–Kier alpha value is -2.40. The Morgan fingerprint density at radius 2 is 1.09 bits per heavy atom. The maximum absolute atomic E-state index is 13.7. The minimum Gasteiger partial charge on any atom is -0.455 e. The Bertz CT molecular complexity index is 842. The SMILES string of the molecule is Fc1ccc([SH]2c3cc(F)ccc3Oc3ccc(F)cc32)cc1. The average Bonchev–Trinajstić information content (AvgIpc) is 2.54. The molecule has 4 rings (SSSR count). The smallest absolute Gasteiger partial charge is 0.140 e. The molecule has 0 amide bonds. The quantitative estimate of drug-likeness (QED) is 0.441. The van der Waals surface area contributed by atoms with Crippen LogP contribution in [0.3, 0.4) is 0 Å². The van der Waals surface area contributed by atoms with Gasteiger partial charge in [-0.2, -0.15) is 10.9 Å².